The molecule has 1 fully saturated rings. The molecule has 2 aromatic carbocycles. The zero-order valence-corrected chi connectivity index (χ0v) is 15.6. The Morgan fingerprint density at radius 3 is 2.96 bits per heavy atom. The van der Waals surface area contributed by atoms with Crippen LogP contribution in [0.1, 0.15) is 12.8 Å². The lowest BCUT2D eigenvalue weighted by Gasteiger charge is -2.14. The van der Waals surface area contributed by atoms with Gasteiger partial charge >= 0.3 is 0 Å². The maximum atomic E-state index is 11.1. The van der Waals surface area contributed by atoms with E-state index in [0.717, 1.165) is 41.6 Å². The molecule has 0 aliphatic carbocycles. The molecule has 0 saturated carbocycles. The van der Waals surface area contributed by atoms with E-state index in [1.807, 2.05) is 28.8 Å². The standard InChI is InChI=1S/C19H19N3O4S/c1-25-18-7-3-2-6-17(18)21-16-9-8-13(22(23)24)11-15(16)20-19(21)27-12-14-5-4-10-26-14/h2-3,6-9,11,14H,4-5,10,12H2,1H3. The van der Waals surface area contributed by atoms with Gasteiger partial charge in [0.15, 0.2) is 5.16 Å². The average Bonchev–Trinajstić information content (AvgIpc) is 3.32. The van der Waals surface area contributed by atoms with E-state index in [0.29, 0.717) is 11.3 Å². The molecule has 0 bridgehead atoms. The average molecular weight is 385 g/mol. The van der Waals surface area contributed by atoms with Crippen LogP contribution >= 0.6 is 11.8 Å². The fraction of sp³-hybridized carbons (Fsp3) is 0.316. The topological polar surface area (TPSA) is 79.4 Å². The number of fused-ring (bicyclic) bond motifs is 1. The minimum absolute atomic E-state index is 0.0304. The van der Waals surface area contributed by atoms with Gasteiger partial charge in [-0.1, -0.05) is 23.9 Å². The highest BCUT2D eigenvalue weighted by Crippen LogP contribution is 2.34. The van der Waals surface area contributed by atoms with Crippen molar-refractivity contribution in [2.45, 2.75) is 24.1 Å². The van der Waals surface area contributed by atoms with Crippen molar-refractivity contribution in [1.29, 1.82) is 0 Å². The molecule has 3 aromatic rings. The number of aromatic nitrogens is 2. The van der Waals surface area contributed by atoms with E-state index in [1.54, 1.807) is 24.9 Å². The Labute approximate surface area is 160 Å². The minimum atomic E-state index is -0.402. The van der Waals surface area contributed by atoms with Crippen molar-refractivity contribution < 1.29 is 14.4 Å². The molecule has 1 aromatic heterocycles. The van der Waals surface area contributed by atoms with E-state index in [-0.39, 0.29) is 11.8 Å². The lowest BCUT2D eigenvalue weighted by Crippen LogP contribution is -2.09. The van der Waals surface area contributed by atoms with E-state index in [9.17, 15) is 10.1 Å². The number of thioether (sulfide) groups is 1. The van der Waals surface area contributed by atoms with Gasteiger partial charge in [0.1, 0.15) is 5.75 Å². The van der Waals surface area contributed by atoms with Crippen LogP contribution in [-0.4, -0.2) is 40.0 Å². The summed E-state index contributed by atoms with van der Waals surface area (Å²) in [6, 6.07) is 12.4. The van der Waals surface area contributed by atoms with Crippen LogP contribution in [0, 0.1) is 10.1 Å². The van der Waals surface area contributed by atoms with Crippen molar-refractivity contribution in [2.24, 2.45) is 0 Å². The van der Waals surface area contributed by atoms with Crippen molar-refractivity contribution in [3.05, 3.63) is 52.6 Å². The van der Waals surface area contributed by atoms with E-state index < -0.39 is 4.92 Å². The first-order valence-corrected chi connectivity index (χ1v) is 9.70. The lowest BCUT2D eigenvalue weighted by atomic mass is 10.2. The number of para-hydroxylation sites is 2. The third kappa shape index (κ3) is 3.50. The van der Waals surface area contributed by atoms with Crippen molar-refractivity contribution in [2.75, 3.05) is 19.5 Å². The molecular weight excluding hydrogens is 366 g/mol. The van der Waals surface area contributed by atoms with Gasteiger partial charge in [-0.2, -0.15) is 0 Å². The fourth-order valence-corrected chi connectivity index (χ4v) is 4.33. The summed E-state index contributed by atoms with van der Waals surface area (Å²) in [5.74, 6) is 1.51. The monoisotopic (exact) mass is 385 g/mol. The predicted molar refractivity (Wildman–Crippen MR) is 104 cm³/mol. The Hall–Kier alpha value is -2.58. The summed E-state index contributed by atoms with van der Waals surface area (Å²) in [4.78, 5) is 15.4. The Morgan fingerprint density at radius 2 is 2.22 bits per heavy atom. The maximum absolute atomic E-state index is 11.1. The Morgan fingerprint density at radius 1 is 1.37 bits per heavy atom. The molecule has 27 heavy (non-hydrogen) atoms. The second kappa shape index (κ2) is 7.58. The molecule has 2 heterocycles. The molecule has 8 heteroatoms. The normalized spacial score (nSPS) is 16.7. The number of methoxy groups -OCH3 is 1. The third-order valence-corrected chi connectivity index (χ3v) is 5.64. The molecule has 4 rings (SSSR count). The first kappa shape index (κ1) is 17.8. The largest absolute Gasteiger partial charge is 0.495 e. The van der Waals surface area contributed by atoms with Crippen LogP contribution in [0.3, 0.4) is 0 Å². The van der Waals surface area contributed by atoms with Crippen LogP contribution in [-0.2, 0) is 4.74 Å². The van der Waals surface area contributed by atoms with Gasteiger partial charge < -0.3 is 9.47 Å². The number of imidazole rings is 1. The van der Waals surface area contributed by atoms with Gasteiger partial charge in [0.05, 0.1) is 34.9 Å². The van der Waals surface area contributed by atoms with Gasteiger partial charge in [-0.05, 0) is 31.0 Å². The Bertz CT molecular complexity index is 982. The zero-order chi connectivity index (χ0) is 18.8. The van der Waals surface area contributed by atoms with Crippen LogP contribution in [0.4, 0.5) is 5.69 Å². The number of nitro benzene ring substituents is 1. The maximum Gasteiger partial charge on any atom is 0.271 e. The van der Waals surface area contributed by atoms with E-state index in [2.05, 4.69) is 4.98 Å². The first-order chi connectivity index (χ1) is 13.2. The highest BCUT2D eigenvalue weighted by molar-refractivity contribution is 7.99. The van der Waals surface area contributed by atoms with Gasteiger partial charge in [-0.3, -0.25) is 14.7 Å². The number of benzene rings is 2. The molecule has 1 atom stereocenters. The van der Waals surface area contributed by atoms with E-state index in [4.69, 9.17) is 9.47 Å². The van der Waals surface area contributed by atoms with E-state index in [1.165, 1.54) is 12.1 Å². The molecule has 1 unspecified atom stereocenters. The SMILES string of the molecule is COc1ccccc1-n1c(SCC2CCCO2)nc2cc([N+](=O)[O-])ccc21. The molecule has 1 aliphatic rings. The van der Waals surface area contributed by atoms with E-state index >= 15 is 0 Å². The zero-order valence-electron chi connectivity index (χ0n) is 14.8. The highest BCUT2D eigenvalue weighted by Gasteiger charge is 2.21. The number of ether oxygens (including phenoxy) is 2. The molecule has 7 nitrogen and oxygen atoms in total. The molecule has 1 aliphatic heterocycles. The number of nitrogens with zero attached hydrogens (tertiary/aromatic N) is 3. The van der Waals surface area contributed by atoms with Crippen LogP contribution in [0.15, 0.2) is 47.6 Å². The summed E-state index contributed by atoms with van der Waals surface area (Å²) in [6.07, 6.45) is 2.35. The molecule has 1 saturated heterocycles. The van der Waals surface area contributed by atoms with Gasteiger partial charge in [-0.25, -0.2) is 4.98 Å². The number of rotatable bonds is 6. The molecule has 0 radical (unpaired) electrons. The lowest BCUT2D eigenvalue weighted by molar-refractivity contribution is -0.384. The Balaban J connectivity index is 1.82. The van der Waals surface area contributed by atoms with Gasteiger partial charge in [0.2, 0.25) is 0 Å². The molecular formula is C19H19N3O4S. The van der Waals surface area contributed by atoms with Gasteiger partial charge in [0.25, 0.3) is 5.69 Å². The quantitative estimate of drug-likeness (QED) is 0.359. The van der Waals surface area contributed by atoms with Crippen LogP contribution in [0.2, 0.25) is 0 Å². The molecule has 0 amide bonds. The van der Waals surface area contributed by atoms with Gasteiger partial charge in [-0.15, -0.1) is 0 Å². The molecule has 0 spiro atoms. The van der Waals surface area contributed by atoms with Crippen molar-refractivity contribution in [3.63, 3.8) is 0 Å². The molecule has 0 N–H and O–H groups in total. The summed E-state index contributed by atoms with van der Waals surface area (Å²) in [7, 11) is 1.63. The minimum Gasteiger partial charge on any atom is -0.495 e. The number of nitro groups is 1. The van der Waals surface area contributed by atoms with Gasteiger partial charge in [0, 0.05) is 24.5 Å². The Kier molecular flexibility index (Phi) is 5.00. The van der Waals surface area contributed by atoms with Crippen molar-refractivity contribution >= 4 is 28.5 Å². The molecule has 140 valence electrons. The van der Waals surface area contributed by atoms with Crippen LogP contribution < -0.4 is 4.74 Å². The highest BCUT2D eigenvalue weighted by atomic mass is 32.2. The van der Waals surface area contributed by atoms with Crippen LogP contribution in [0.5, 0.6) is 5.75 Å². The number of hydrogen-bond donors (Lipinski definition) is 0. The van der Waals surface area contributed by atoms with Crippen molar-refractivity contribution in [1.82, 2.24) is 9.55 Å². The summed E-state index contributed by atoms with van der Waals surface area (Å²) in [6.45, 7) is 0.806. The number of hydrogen-bond acceptors (Lipinski definition) is 6. The third-order valence-electron chi connectivity index (χ3n) is 4.57. The second-order valence-electron chi connectivity index (χ2n) is 6.28. The summed E-state index contributed by atoms with van der Waals surface area (Å²) in [5.41, 5.74) is 2.28. The summed E-state index contributed by atoms with van der Waals surface area (Å²) in [5, 5.41) is 11.9. The van der Waals surface area contributed by atoms with Crippen LogP contribution in [0.25, 0.3) is 16.7 Å². The first-order valence-electron chi connectivity index (χ1n) is 8.72. The predicted octanol–water partition coefficient (Wildman–Crippen LogP) is 4.21. The summed E-state index contributed by atoms with van der Waals surface area (Å²) >= 11 is 1.60. The second-order valence-corrected chi connectivity index (χ2v) is 7.26. The van der Waals surface area contributed by atoms with Crippen molar-refractivity contribution in [3.8, 4) is 11.4 Å². The number of non-ortho nitro benzene ring substituents is 1. The summed E-state index contributed by atoms with van der Waals surface area (Å²) < 4.78 is 13.2. The smallest absolute Gasteiger partial charge is 0.271 e. The fourth-order valence-electron chi connectivity index (χ4n) is 3.25.